The number of imidazole rings is 1. The maximum Gasteiger partial charge on any atom is 0.274 e. The normalized spacial score (nSPS) is 10.5. The van der Waals surface area contributed by atoms with Crippen LogP contribution in [0.15, 0.2) is 79.1 Å². The number of para-hydroxylation sites is 1. The van der Waals surface area contributed by atoms with Gasteiger partial charge in [-0.25, -0.2) is 4.98 Å². The maximum atomic E-state index is 12.7. The second-order valence-corrected chi connectivity index (χ2v) is 6.14. The van der Waals surface area contributed by atoms with E-state index in [0.29, 0.717) is 17.8 Å². The number of amides is 1. The van der Waals surface area contributed by atoms with Crippen molar-refractivity contribution in [3.63, 3.8) is 0 Å². The van der Waals surface area contributed by atoms with E-state index in [9.17, 15) is 4.79 Å². The lowest BCUT2D eigenvalue weighted by Crippen LogP contribution is -2.14. The molecule has 4 rings (SSSR count). The number of hydrogen-bond donors (Lipinski definition) is 1. The Morgan fingerprint density at radius 2 is 1.89 bits per heavy atom. The molecular weight excluding hydrogens is 336 g/mol. The molecule has 0 radical (unpaired) electrons. The van der Waals surface area contributed by atoms with E-state index in [-0.39, 0.29) is 5.91 Å². The fourth-order valence-corrected chi connectivity index (χ4v) is 2.99. The Kier molecular flexibility index (Phi) is 4.38. The van der Waals surface area contributed by atoms with E-state index in [1.165, 1.54) is 0 Å². The van der Waals surface area contributed by atoms with Crippen LogP contribution in [0.25, 0.3) is 16.8 Å². The van der Waals surface area contributed by atoms with Gasteiger partial charge in [-0.1, -0.05) is 42.5 Å². The van der Waals surface area contributed by atoms with Crippen LogP contribution in [0.4, 0.5) is 5.69 Å². The van der Waals surface area contributed by atoms with Gasteiger partial charge in [-0.05, 0) is 41.0 Å². The molecule has 0 aliphatic rings. The van der Waals surface area contributed by atoms with Gasteiger partial charge in [0, 0.05) is 11.9 Å². The lowest BCUT2D eigenvalue weighted by Gasteiger charge is -2.07. The molecule has 5 nitrogen and oxygen atoms in total. The molecule has 0 saturated heterocycles. The number of aromatic nitrogens is 2. The van der Waals surface area contributed by atoms with Crippen LogP contribution in [0.1, 0.15) is 16.1 Å². The summed E-state index contributed by atoms with van der Waals surface area (Å²) in [6.07, 6.45) is 3.84. The fraction of sp³-hybridized carbons (Fsp3) is 0.0455. The first kappa shape index (κ1) is 16.6. The Labute approximate surface area is 156 Å². The van der Waals surface area contributed by atoms with Crippen molar-refractivity contribution in [2.75, 3.05) is 5.32 Å². The van der Waals surface area contributed by atoms with Crippen molar-refractivity contribution in [2.45, 2.75) is 6.42 Å². The highest BCUT2D eigenvalue weighted by atomic mass is 16.1. The van der Waals surface area contributed by atoms with E-state index in [0.717, 1.165) is 22.4 Å². The topological polar surface area (TPSA) is 70.2 Å². The summed E-state index contributed by atoms with van der Waals surface area (Å²) < 4.78 is 1.78. The molecule has 2 heterocycles. The number of nitrogens with one attached hydrogen (secondary N) is 1. The van der Waals surface area contributed by atoms with Crippen LogP contribution in [0.3, 0.4) is 0 Å². The van der Waals surface area contributed by atoms with Crippen molar-refractivity contribution in [1.29, 1.82) is 5.26 Å². The first-order valence-corrected chi connectivity index (χ1v) is 8.54. The predicted molar refractivity (Wildman–Crippen MR) is 104 cm³/mol. The predicted octanol–water partition coefficient (Wildman–Crippen LogP) is 4.32. The van der Waals surface area contributed by atoms with Crippen LogP contribution < -0.4 is 5.32 Å². The third-order valence-corrected chi connectivity index (χ3v) is 4.31. The number of nitrogens with zero attached hydrogens (tertiary/aromatic N) is 3. The summed E-state index contributed by atoms with van der Waals surface area (Å²) in [5, 5.41) is 11.8. The molecule has 4 aromatic rings. The zero-order chi connectivity index (χ0) is 18.6. The number of carbonyl (C=O) groups is 1. The largest absolute Gasteiger partial charge is 0.321 e. The third-order valence-electron chi connectivity index (χ3n) is 4.31. The number of nitriles is 1. The molecule has 0 aliphatic heterocycles. The molecule has 27 heavy (non-hydrogen) atoms. The number of benzene rings is 2. The average Bonchev–Trinajstić information content (AvgIpc) is 3.12. The quantitative estimate of drug-likeness (QED) is 0.595. The van der Waals surface area contributed by atoms with Gasteiger partial charge in [0.05, 0.1) is 18.7 Å². The Balaban J connectivity index is 1.70. The maximum absolute atomic E-state index is 12.7. The molecule has 0 fully saturated rings. The average molecular weight is 352 g/mol. The monoisotopic (exact) mass is 352 g/mol. The van der Waals surface area contributed by atoms with Crippen molar-refractivity contribution < 1.29 is 4.79 Å². The lowest BCUT2D eigenvalue weighted by molar-refractivity contribution is 0.102. The van der Waals surface area contributed by atoms with E-state index in [1.54, 1.807) is 10.6 Å². The molecule has 2 aromatic heterocycles. The number of anilines is 1. The lowest BCUT2D eigenvalue weighted by atomic mass is 10.0. The summed E-state index contributed by atoms with van der Waals surface area (Å²) >= 11 is 0. The van der Waals surface area contributed by atoms with Gasteiger partial charge < -0.3 is 5.32 Å². The van der Waals surface area contributed by atoms with Crippen LogP contribution in [0, 0.1) is 11.3 Å². The van der Waals surface area contributed by atoms with Gasteiger partial charge in [0.25, 0.3) is 5.91 Å². The fourth-order valence-electron chi connectivity index (χ4n) is 2.99. The highest BCUT2D eigenvalue weighted by molar-refractivity contribution is 6.03. The van der Waals surface area contributed by atoms with Crippen LogP contribution in [-0.2, 0) is 6.42 Å². The minimum absolute atomic E-state index is 0.218. The highest BCUT2D eigenvalue weighted by Crippen LogP contribution is 2.22. The molecule has 0 atom stereocenters. The van der Waals surface area contributed by atoms with E-state index >= 15 is 0 Å². The highest BCUT2D eigenvalue weighted by Gasteiger charge is 2.13. The number of hydrogen-bond acceptors (Lipinski definition) is 3. The van der Waals surface area contributed by atoms with Crippen LogP contribution in [0.2, 0.25) is 0 Å². The molecule has 1 amide bonds. The second-order valence-electron chi connectivity index (χ2n) is 6.14. The molecule has 2 aromatic carbocycles. The summed E-state index contributed by atoms with van der Waals surface area (Å²) in [5.74, 6) is -0.218. The number of carbonyl (C=O) groups excluding carboxylic acids is 1. The summed E-state index contributed by atoms with van der Waals surface area (Å²) in [5.41, 5.74) is 4.80. The van der Waals surface area contributed by atoms with Gasteiger partial charge in [0.1, 0.15) is 11.3 Å². The summed E-state index contributed by atoms with van der Waals surface area (Å²) in [7, 11) is 0. The second kappa shape index (κ2) is 7.14. The molecule has 0 unspecified atom stereocenters. The zero-order valence-corrected chi connectivity index (χ0v) is 14.5. The summed E-state index contributed by atoms with van der Waals surface area (Å²) in [4.78, 5) is 17.0. The van der Waals surface area contributed by atoms with Crippen molar-refractivity contribution in [3.8, 4) is 17.2 Å². The van der Waals surface area contributed by atoms with E-state index in [4.69, 9.17) is 5.26 Å². The molecule has 0 bridgehead atoms. The Morgan fingerprint density at radius 3 is 2.70 bits per heavy atom. The van der Waals surface area contributed by atoms with Gasteiger partial charge in [0.15, 0.2) is 0 Å². The molecule has 130 valence electrons. The molecule has 0 saturated carbocycles. The van der Waals surface area contributed by atoms with Gasteiger partial charge in [-0.15, -0.1) is 0 Å². The van der Waals surface area contributed by atoms with Crippen LogP contribution in [0.5, 0.6) is 0 Å². The van der Waals surface area contributed by atoms with Gasteiger partial charge in [-0.3, -0.25) is 9.20 Å². The third kappa shape index (κ3) is 3.42. The van der Waals surface area contributed by atoms with Crippen molar-refractivity contribution in [2.24, 2.45) is 0 Å². The van der Waals surface area contributed by atoms with Crippen molar-refractivity contribution in [1.82, 2.24) is 9.38 Å². The Morgan fingerprint density at radius 1 is 1.04 bits per heavy atom. The SMILES string of the molecule is N#CCc1cccc(-c2ccc3ncc(C(=O)Nc4ccccc4)n3c2)c1. The Hall–Kier alpha value is -3.91. The number of rotatable bonds is 4. The minimum atomic E-state index is -0.218. The zero-order valence-electron chi connectivity index (χ0n) is 14.5. The summed E-state index contributed by atoms with van der Waals surface area (Å²) in [6, 6.07) is 23.2. The van der Waals surface area contributed by atoms with Crippen molar-refractivity contribution >= 4 is 17.2 Å². The van der Waals surface area contributed by atoms with Gasteiger partial charge in [-0.2, -0.15) is 5.26 Å². The molecular formula is C22H16N4O. The van der Waals surface area contributed by atoms with Crippen LogP contribution >= 0.6 is 0 Å². The van der Waals surface area contributed by atoms with Gasteiger partial charge >= 0.3 is 0 Å². The molecule has 0 spiro atoms. The van der Waals surface area contributed by atoms with E-state index in [2.05, 4.69) is 16.4 Å². The molecule has 1 N–H and O–H groups in total. The van der Waals surface area contributed by atoms with Crippen molar-refractivity contribution in [3.05, 3.63) is 90.4 Å². The number of pyridine rings is 1. The number of fused-ring (bicyclic) bond motifs is 1. The molecule has 0 aliphatic carbocycles. The van der Waals surface area contributed by atoms with E-state index < -0.39 is 0 Å². The first-order valence-electron chi connectivity index (χ1n) is 8.54. The summed E-state index contributed by atoms with van der Waals surface area (Å²) in [6.45, 7) is 0. The standard InChI is InChI=1S/C22H16N4O/c23-12-11-16-5-4-6-17(13-16)18-9-10-21-24-14-20(26(21)15-18)22(27)25-19-7-2-1-3-8-19/h1-10,13-15H,11H2,(H,25,27). The Bertz CT molecular complexity index is 1160. The van der Waals surface area contributed by atoms with Gasteiger partial charge in [0.2, 0.25) is 0 Å². The smallest absolute Gasteiger partial charge is 0.274 e. The van der Waals surface area contributed by atoms with E-state index in [1.807, 2.05) is 72.9 Å². The first-order chi connectivity index (χ1) is 13.2. The minimum Gasteiger partial charge on any atom is -0.321 e. The van der Waals surface area contributed by atoms with Crippen LogP contribution in [-0.4, -0.2) is 15.3 Å². The molecule has 5 heteroatoms.